The number of hydrogen-bond acceptors (Lipinski definition) is 5. The van der Waals surface area contributed by atoms with E-state index in [4.69, 9.17) is 11.6 Å². The molecule has 0 unspecified atom stereocenters. The Hall–Kier alpha value is -3.24. The van der Waals surface area contributed by atoms with Gasteiger partial charge < -0.3 is 15.3 Å². The van der Waals surface area contributed by atoms with E-state index in [1.165, 1.54) is 12.1 Å². The van der Waals surface area contributed by atoms with Crippen LogP contribution in [0.5, 0.6) is 0 Å². The average molecular weight is 528 g/mol. The maximum absolute atomic E-state index is 13.1. The molecule has 188 valence electrons. The minimum absolute atomic E-state index is 0.0313. The van der Waals surface area contributed by atoms with Gasteiger partial charge in [-0.3, -0.25) is 9.59 Å². The fourth-order valence-corrected chi connectivity index (χ4v) is 5.68. The molecule has 3 aromatic carbocycles. The summed E-state index contributed by atoms with van der Waals surface area (Å²) in [5.74, 6) is -2.04. The monoisotopic (exact) mass is 527 g/mol. The van der Waals surface area contributed by atoms with E-state index in [1.54, 1.807) is 67.5 Å². The van der Waals surface area contributed by atoms with E-state index in [9.17, 15) is 23.1 Å². The Kier molecular flexibility index (Phi) is 7.19. The van der Waals surface area contributed by atoms with E-state index < -0.39 is 27.4 Å². The summed E-state index contributed by atoms with van der Waals surface area (Å²) in [7, 11) is -0.564. The Morgan fingerprint density at radius 2 is 1.64 bits per heavy atom. The van der Waals surface area contributed by atoms with E-state index in [2.05, 4.69) is 10.0 Å². The Labute approximate surface area is 215 Å². The first-order valence-corrected chi connectivity index (χ1v) is 13.0. The number of nitrogens with one attached hydrogen (secondary N) is 2. The van der Waals surface area contributed by atoms with Crippen LogP contribution in [0.1, 0.15) is 17.9 Å². The minimum Gasteiger partial charge on any atom is -0.480 e. The van der Waals surface area contributed by atoms with Gasteiger partial charge in [-0.2, -0.15) is 4.72 Å². The van der Waals surface area contributed by atoms with Gasteiger partial charge in [0, 0.05) is 16.6 Å². The van der Waals surface area contributed by atoms with Crippen molar-refractivity contribution in [1.29, 1.82) is 0 Å². The van der Waals surface area contributed by atoms with E-state index in [0.717, 1.165) is 11.1 Å². The first kappa shape index (κ1) is 25.8. The van der Waals surface area contributed by atoms with Crippen LogP contribution in [0.4, 0.5) is 5.69 Å². The van der Waals surface area contributed by atoms with Crippen LogP contribution in [0.2, 0.25) is 5.02 Å². The smallest absolute Gasteiger partial charge is 0.325 e. The number of anilines is 1. The number of carbonyl (C=O) groups excluding carboxylic acids is 1. The number of amides is 1. The van der Waals surface area contributed by atoms with Gasteiger partial charge in [0.25, 0.3) is 0 Å². The van der Waals surface area contributed by atoms with E-state index in [-0.39, 0.29) is 23.8 Å². The number of halogens is 1. The van der Waals surface area contributed by atoms with E-state index in [1.807, 2.05) is 12.1 Å². The number of carbonyl (C=O) groups is 2. The van der Waals surface area contributed by atoms with Crippen LogP contribution >= 0.6 is 11.6 Å². The van der Waals surface area contributed by atoms with Crippen LogP contribution in [-0.4, -0.2) is 56.5 Å². The number of hydrogen-bond donors (Lipinski definition) is 3. The van der Waals surface area contributed by atoms with Crippen molar-refractivity contribution in [2.75, 3.05) is 26.0 Å². The first-order valence-electron chi connectivity index (χ1n) is 11.2. The summed E-state index contributed by atoms with van der Waals surface area (Å²) < 4.78 is 28.7. The Bertz CT molecular complexity index is 1390. The van der Waals surface area contributed by atoms with Crippen molar-refractivity contribution in [3.8, 4) is 11.1 Å². The molecule has 2 atom stereocenters. The highest BCUT2D eigenvalue weighted by Crippen LogP contribution is 2.52. The molecule has 1 aliphatic rings. The summed E-state index contributed by atoms with van der Waals surface area (Å²) in [5, 5.41) is 13.3. The van der Waals surface area contributed by atoms with Crippen LogP contribution in [0.3, 0.4) is 0 Å². The second kappa shape index (κ2) is 10.0. The molecule has 0 saturated heterocycles. The lowest BCUT2D eigenvalue weighted by Crippen LogP contribution is -2.44. The highest BCUT2D eigenvalue weighted by atomic mass is 35.5. The maximum atomic E-state index is 13.1. The van der Waals surface area contributed by atoms with Gasteiger partial charge in [0.1, 0.15) is 5.54 Å². The molecule has 8 nitrogen and oxygen atoms in total. The van der Waals surface area contributed by atoms with E-state index in [0.29, 0.717) is 16.3 Å². The zero-order chi connectivity index (χ0) is 26.1. The molecule has 3 N–H and O–H groups in total. The lowest BCUT2D eigenvalue weighted by molar-refractivity contribution is -0.140. The van der Waals surface area contributed by atoms with Gasteiger partial charge in [-0.25, -0.2) is 8.42 Å². The van der Waals surface area contributed by atoms with E-state index >= 15 is 0 Å². The number of rotatable bonds is 9. The van der Waals surface area contributed by atoms with Gasteiger partial charge in [0.2, 0.25) is 15.9 Å². The predicted octanol–water partition coefficient (Wildman–Crippen LogP) is 3.80. The fourth-order valence-electron chi connectivity index (χ4n) is 4.15. The SMILES string of the molecule is CN(C)CC(=O)Nc1cccc([C@@H]2C[C@]2(NS(=O)(=O)c2ccc(-c3ccc(Cl)cc3)cc2)C(=O)O)c1. The molecule has 10 heteroatoms. The van der Waals surface area contributed by atoms with Gasteiger partial charge in [-0.15, -0.1) is 0 Å². The van der Waals surface area contributed by atoms with Gasteiger partial charge in [0.15, 0.2) is 0 Å². The van der Waals surface area contributed by atoms with Crippen molar-refractivity contribution in [3.05, 3.63) is 83.4 Å². The zero-order valence-electron chi connectivity index (χ0n) is 19.7. The van der Waals surface area contributed by atoms with Gasteiger partial charge in [-0.1, -0.05) is 48.0 Å². The van der Waals surface area contributed by atoms with Crippen LogP contribution in [0, 0.1) is 0 Å². The number of benzene rings is 3. The summed E-state index contributed by atoms with van der Waals surface area (Å²) in [5.41, 5.74) is 1.15. The van der Waals surface area contributed by atoms with Gasteiger partial charge >= 0.3 is 5.97 Å². The Balaban J connectivity index is 1.52. The number of carboxylic acid groups (broad SMARTS) is 1. The number of nitrogens with zero attached hydrogens (tertiary/aromatic N) is 1. The molecule has 0 radical (unpaired) electrons. The molecule has 1 aliphatic carbocycles. The molecule has 0 spiro atoms. The average Bonchev–Trinajstić information content (AvgIpc) is 3.54. The molecule has 3 aromatic rings. The molecule has 4 rings (SSSR count). The molecule has 1 amide bonds. The molecular formula is C26H26ClN3O5S. The Morgan fingerprint density at radius 3 is 2.22 bits per heavy atom. The summed E-state index contributed by atoms with van der Waals surface area (Å²) in [6, 6.07) is 20.2. The molecule has 1 saturated carbocycles. The normalized spacial score (nSPS) is 19.2. The van der Waals surface area contributed by atoms with Gasteiger partial charge in [0.05, 0.1) is 11.4 Å². The third kappa shape index (κ3) is 5.60. The van der Waals surface area contributed by atoms with Crippen LogP contribution in [0.25, 0.3) is 11.1 Å². The molecule has 36 heavy (non-hydrogen) atoms. The topological polar surface area (TPSA) is 116 Å². The number of sulfonamides is 1. The van der Waals surface area contributed by atoms with Crippen molar-refractivity contribution >= 4 is 39.2 Å². The molecule has 0 heterocycles. The van der Waals surface area contributed by atoms with Crippen molar-refractivity contribution in [2.24, 2.45) is 0 Å². The standard InChI is InChI=1S/C26H26ClN3O5S/c1-30(2)16-24(31)28-21-5-3-4-19(14-21)23-15-26(23,25(32)33)29-36(34,35)22-12-8-18(9-13-22)17-6-10-20(27)11-7-17/h3-14,23,29H,15-16H2,1-2H3,(H,28,31)(H,32,33)/t23-,26+/m0/s1. The van der Waals surface area contributed by atoms with Crippen molar-refractivity contribution < 1.29 is 23.1 Å². The lowest BCUT2D eigenvalue weighted by atomic mass is 10.1. The predicted molar refractivity (Wildman–Crippen MR) is 139 cm³/mol. The molecule has 0 aromatic heterocycles. The van der Waals surface area contributed by atoms with Crippen LogP contribution in [-0.2, 0) is 19.6 Å². The first-order chi connectivity index (χ1) is 17.0. The molecular weight excluding hydrogens is 502 g/mol. The third-order valence-corrected chi connectivity index (χ3v) is 7.81. The third-order valence-electron chi connectivity index (χ3n) is 6.03. The second-order valence-corrected chi connectivity index (χ2v) is 11.2. The summed E-state index contributed by atoms with van der Waals surface area (Å²) in [4.78, 5) is 26.0. The van der Waals surface area contributed by atoms with Crippen molar-refractivity contribution in [1.82, 2.24) is 9.62 Å². The number of carboxylic acids is 1. The highest BCUT2D eigenvalue weighted by Gasteiger charge is 2.63. The highest BCUT2D eigenvalue weighted by molar-refractivity contribution is 7.89. The van der Waals surface area contributed by atoms with Crippen molar-refractivity contribution in [3.63, 3.8) is 0 Å². The molecule has 1 fully saturated rings. The maximum Gasteiger partial charge on any atom is 0.325 e. The van der Waals surface area contributed by atoms with Crippen molar-refractivity contribution in [2.45, 2.75) is 22.8 Å². The number of likely N-dealkylation sites (N-methyl/N-ethyl adjacent to an activating group) is 1. The molecule has 0 aliphatic heterocycles. The largest absolute Gasteiger partial charge is 0.480 e. The van der Waals surface area contributed by atoms with Crippen LogP contribution in [0.15, 0.2) is 77.7 Å². The van der Waals surface area contributed by atoms with Crippen LogP contribution < -0.4 is 10.0 Å². The number of aliphatic carboxylic acids is 1. The minimum atomic E-state index is -4.12. The lowest BCUT2D eigenvalue weighted by Gasteiger charge is -2.16. The summed E-state index contributed by atoms with van der Waals surface area (Å²) in [6.07, 6.45) is 0.0967. The Morgan fingerprint density at radius 1 is 1.03 bits per heavy atom. The fraction of sp³-hybridized carbons (Fsp3) is 0.231. The molecule has 0 bridgehead atoms. The summed E-state index contributed by atoms with van der Waals surface area (Å²) in [6.45, 7) is 0.198. The zero-order valence-corrected chi connectivity index (χ0v) is 21.3. The summed E-state index contributed by atoms with van der Waals surface area (Å²) >= 11 is 5.93. The van der Waals surface area contributed by atoms with Gasteiger partial charge in [-0.05, 0) is 73.6 Å². The second-order valence-electron chi connectivity index (χ2n) is 9.08. The quantitative estimate of drug-likeness (QED) is 0.390.